The number of hydrogen-bond acceptors (Lipinski definition) is 5. The number of nitro benzene ring substituents is 1. The molecule has 1 aliphatic rings. The van der Waals surface area contributed by atoms with E-state index in [9.17, 15) is 10.1 Å². The first kappa shape index (κ1) is 19.6. The third kappa shape index (κ3) is 5.18. The van der Waals surface area contributed by atoms with Crippen LogP contribution in [0.1, 0.15) is 19.4 Å². The van der Waals surface area contributed by atoms with Gasteiger partial charge in [0.1, 0.15) is 5.82 Å². The Morgan fingerprint density at radius 3 is 2.46 bits per heavy atom. The molecule has 0 amide bonds. The smallest absolute Gasteiger partial charge is 0.269 e. The summed E-state index contributed by atoms with van der Waals surface area (Å²) in [4.78, 5) is 24.1. The topological polar surface area (TPSA) is 86.9 Å². The first-order chi connectivity index (χ1) is 13.5. The Labute approximate surface area is 165 Å². The van der Waals surface area contributed by atoms with Crippen LogP contribution in [-0.2, 0) is 6.54 Å². The normalized spacial score (nSPS) is 15.0. The number of aliphatic imine (C=N–C) groups is 1. The minimum atomic E-state index is -0.389. The summed E-state index contributed by atoms with van der Waals surface area (Å²) in [6, 6.07) is 12.8. The molecule has 1 aliphatic heterocycles. The van der Waals surface area contributed by atoms with E-state index in [1.807, 2.05) is 24.4 Å². The first-order valence-electron chi connectivity index (χ1n) is 9.48. The Morgan fingerprint density at radius 1 is 1.18 bits per heavy atom. The Kier molecular flexibility index (Phi) is 6.41. The number of nitro groups is 1. The highest BCUT2D eigenvalue weighted by molar-refractivity contribution is 5.80. The van der Waals surface area contributed by atoms with Gasteiger partial charge in [0.25, 0.3) is 5.69 Å². The number of anilines is 1. The third-order valence-corrected chi connectivity index (χ3v) is 4.53. The lowest BCUT2D eigenvalue weighted by Crippen LogP contribution is -2.53. The number of non-ortho nitro benzene ring substituents is 1. The van der Waals surface area contributed by atoms with Gasteiger partial charge >= 0.3 is 0 Å². The Bertz CT molecular complexity index is 799. The van der Waals surface area contributed by atoms with Crippen molar-refractivity contribution in [1.29, 1.82) is 0 Å². The Balaban J connectivity index is 1.65. The summed E-state index contributed by atoms with van der Waals surface area (Å²) in [6.07, 6.45) is 1.82. The van der Waals surface area contributed by atoms with Crippen LogP contribution < -0.4 is 10.2 Å². The van der Waals surface area contributed by atoms with E-state index < -0.39 is 0 Å². The average molecular weight is 382 g/mol. The van der Waals surface area contributed by atoms with Crippen molar-refractivity contribution in [3.05, 3.63) is 64.3 Å². The maximum Gasteiger partial charge on any atom is 0.269 e. The van der Waals surface area contributed by atoms with Gasteiger partial charge < -0.3 is 15.1 Å². The highest BCUT2D eigenvalue weighted by Crippen LogP contribution is 2.14. The predicted molar refractivity (Wildman–Crippen MR) is 111 cm³/mol. The molecule has 0 bridgehead atoms. The standard InChI is InChI=1S/C20H26N6O2/c1-16(2)23-20(22-15-17-6-8-18(9-7-17)26(27)28)25-13-11-24(12-14-25)19-5-3-4-10-21-19/h3-10,16H,11-15H2,1-2H3,(H,22,23). The molecule has 1 aromatic carbocycles. The van der Waals surface area contributed by atoms with Gasteiger partial charge in [-0.15, -0.1) is 0 Å². The van der Waals surface area contributed by atoms with Crippen LogP contribution in [0.25, 0.3) is 0 Å². The van der Waals surface area contributed by atoms with E-state index in [4.69, 9.17) is 4.99 Å². The van der Waals surface area contributed by atoms with Gasteiger partial charge in [-0.2, -0.15) is 0 Å². The SMILES string of the molecule is CC(C)NC(=NCc1ccc([N+](=O)[O-])cc1)N1CCN(c2ccccn2)CC1. The van der Waals surface area contributed by atoms with E-state index in [2.05, 4.69) is 33.9 Å². The van der Waals surface area contributed by atoms with Crippen LogP contribution in [0.15, 0.2) is 53.7 Å². The molecular weight excluding hydrogens is 356 g/mol. The number of benzene rings is 1. The molecule has 1 fully saturated rings. The van der Waals surface area contributed by atoms with Gasteiger partial charge in [-0.05, 0) is 31.5 Å². The third-order valence-electron chi connectivity index (χ3n) is 4.53. The number of piperazine rings is 1. The van der Waals surface area contributed by atoms with E-state index >= 15 is 0 Å². The van der Waals surface area contributed by atoms with Crippen LogP contribution in [0.5, 0.6) is 0 Å². The van der Waals surface area contributed by atoms with E-state index in [0.717, 1.165) is 43.5 Å². The van der Waals surface area contributed by atoms with Gasteiger partial charge in [0.2, 0.25) is 0 Å². The van der Waals surface area contributed by atoms with E-state index in [1.165, 1.54) is 12.1 Å². The molecule has 148 valence electrons. The predicted octanol–water partition coefficient (Wildman–Crippen LogP) is 2.67. The van der Waals surface area contributed by atoms with Crippen LogP contribution in [0.4, 0.5) is 11.5 Å². The van der Waals surface area contributed by atoms with Crippen molar-refractivity contribution in [2.75, 3.05) is 31.1 Å². The minimum Gasteiger partial charge on any atom is -0.354 e. The quantitative estimate of drug-likeness (QED) is 0.370. The van der Waals surface area contributed by atoms with Crippen molar-refractivity contribution < 1.29 is 4.92 Å². The second-order valence-corrected chi connectivity index (χ2v) is 7.02. The molecular formula is C20H26N6O2. The Hall–Kier alpha value is -3.16. The van der Waals surface area contributed by atoms with Crippen molar-refractivity contribution in [2.24, 2.45) is 4.99 Å². The zero-order valence-corrected chi connectivity index (χ0v) is 16.3. The van der Waals surface area contributed by atoms with Crippen molar-refractivity contribution in [3.63, 3.8) is 0 Å². The molecule has 0 saturated carbocycles. The average Bonchev–Trinajstić information content (AvgIpc) is 2.72. The van der Waals surface area contributed by atoms with E-state index in [0.29, 0.717) is 6.54 Å². The number of guanidine groups is 1. The number of nitrogens with one attached hydrogen (secondary N) is 1. The van der Waals surface area contributed by atoms with Gasteiger partial charge in [-0.3, -0.25) is 10.1 Å². The molecule has 1 saturated heterocycles. The van der Waals surface area contributed by atoms with Crippen LogP contribution >= 0.6 is 0 Å². The molecule has 0 radical (unpaired) electrons. The molecule has 0 spiro atoms. The molecule has 1 aromatic heterocycles. The fourth-order valence-electron chi connectivity index (χ4n) is 3.07. The van der Waals surface area contributed by atoms with Gasteiger partial charge in [-0.25, -0.2) is 9.98 Å². The molecule has 8 heteroatoms. The molecule has 1 N–H and O–H groups in total. The number of nitrogens with zero attached hydrogens (tertiary/aromatic N) is 5. The Morgan fingerprint density at radius 2 is 1.89 bits per heavy atom. The van der Waals surface area contributed by atoms with Crippen LogP contribution in [0.3, 0.4) is 0 Å². The van der Waals surface area contributed by atoms with Crippen molar-refractivity contribution >= 4 is 17.5 Å². The molecule has 8 nitrogen and oxygen atoms in total. The minimum absolute atomic E-state index is 0.0962. The van der Waals surface area contributed by atoms with Crippen molar-refractivity contribution in [1.82, 2.24) is 15.2 Å². The van der Waals surface area contributed by atoms with E-state index in [1.54, 1.807) is 12.1 Å². The largest absolute Gasteiger partial charge is 0.354 e. The number of hydrogen-bond donors (Lipinski definition) is 1. The molecule has 2 heterocycles. The van der Waals surface area contributed by atoms with Crippen molar-refractivity contribution in [2.45, 2.75) is 26.4 Å². The second kappa shape index (κ2) is 9.16. The van der Waals surface area contributed by atoms with Gasteiger partial charge in [0, 0.05) is 50.6 Å². The summed E-state index contributed by atoms with van der Waals surface area (Å²) >= 11 is 0. The van der Waals surface area contributed by atoms with Gasteiger partial charge in [0.15, 0.2) is 5.96 Å². The van der Waals surface area contributed by atoms with E-state index in [-0.39, 0.29) is 16.7 Å². The molecule has 0 unspecified atom stereocenters. The molecule has 3 rings (SSSR count). The monoisotopic (exact) mass is 382 g/mol. The zero-order valence-electron chi connectivity index (χ0n) is 16.3. The summed E-state index contributed by atoms with van der Waals surface area (Å²) in [5, 5.41) is 14.2. The first-order valence-corrected chi connectivity index (χ1v) is 9.48. The number of aromatic nitrogens is 1. The summed E-state index contributed by atoms with van der Waals surface area (Å²) in [5.41, 5.74) is 1.04. The van der Waals surface area contributed by atoms with Crippen LogP contribution in [0.2, 0.25) is 0 Å². The van der Waals surface area contributed by atoms with Crippen LogP contribution in [-0.4, -0.2) is 53.0 Å². The molecule has 0 aliphatic carbocycles. The van der Waals surface area contributed by atoms with Crippen molar-refractivity contribution in [3.8, 4) is 0 Å². The molecule has 28 heavy (non-hydrogen) atoms. The highest BCUT2D eigenvalue weighted by Gasteiger charge is 2.21. The fourth-order valence-corrected chi connectivity index (χ4v) is 3.07. The lowest BCUT2D eigenvalue weighted by molar-refractivity contribution is -0.384. The molecule has 2 aromatic rings. The summed E-state index contributed by atoms with van der Waals surface area (Å²) in [6.45, 7) is 8.13. The number of rotatable bonds is 5. The van der Waals surface area contributed by atoms with Crippen LogP contribution in [0, 0.1) is 10.1 Å². The maximum atomic E-state index is 10.8. The molecule has 0 atom stereocenters. The summed E-state index contributed by atoms with van der Waals surface area (Å²) in [7, 11) is 0. The van der Waals surface area contributed by atoms with Gasteiger partial charge in [0.05, 0.1) is 11.5 Å². The summed E-state index contributed by atoms with van der Waals surface area (Å²) in [5.74, 6) is 1.87. The zero-order chi connectivity index (χ0) is 19.9. The maximum absolute atomic E-state index is 10.8. The lowest BCUT2D eigenvalue weighted by Gasteiger charge is -2.37. The second-order valence-electron chi connectivity index (χ2n) is 7.02. The van der Waals surface area contributed by atoms with Gasteiger partial charge in [-0.1, -0.05) is 18.2 Å². The fraction of sp³-hybridized carbons (Fsp3) is 0.400. The summed E-state index contributed by atoms with van der Waals surface area (Å²) < 4.78 is 0. The number of pyridine rings is 1. The highest BCUT2D eigenvalue weighted by atomic mass is 16.6. The lowest BCUT2D eigenvalue weighted by atomic mass is 10.2.